The van der Waals surface area contributed by atoms with E-state index >= 15 is 0 Å². The molecule has 4 heteroatoms. The van der Waals surface area contributed by atoms with Crippen LogP contribution in [0.3, 0.4) is 0 Å². The van der Waals surface area contributed by atoms with Crippen LogP contribution in [0.15, 0.2) is 4.60 Å². The number of nitrogens with one attached hydrogen (secondary N) is 1. The number of hydrogen-bond donors (Lipinski definition) is 1. The van der Waals surface area contributed by atoms with E-state index in [1.165, 1.54) is 25.0 Å². The Kier molecular flexibility index (Phi) is 3.46. The summed E-state index contributed by atoms with van der Waals surface area (Å²) in [4.78, 5) is 4.47. The monoisotopic (exact) mass is 271 g/mol. The molecule has 0 fully saturated rings. The Bertz CT molecular complexity index is 346. The highest BCUT2D eigenvalue weighted by Gasteiger charge is 2.22. The molecule has 1 aliphatic heterocycles. The van der Waals surface area contributed by atoms with Gasteiger partial charge in [0.25, 0.3) is 0 Å². The second-order valence-electron chi connectivity index (χ2n) is 4.30. The number of nitrogens with zero attached hydrogens (tertiary/aromatic N) is 2. The second-order valence-corrected chi connectivity index (χ2v) is 5.05. The lowest BCUT2D eigenvalue weighted by atomic mass is 9.93. The molecule has 1 atom stereocenters. The topological polar surface area (TPSA) is 29.9 Å². The van der Waals surface area contributed by atoms with Gasteiger partial charge in [-0.25, -0.2) is 4.98 Å². The summed E-state index contributed by atoms with van der Waals surface area (Å²) in [6, 6.07) is 0. The van der Waals surface area contributed by atoms with E-state index in [9.17, 15) is 0 Å². The third kappa shape index (κ3) is 2.26. The summed E-state index contributed by atoms with van der Waals surface area (Å²) in [6.45, 7) is 4.34. The average Bonchev–Trinajstić information content (AvgIpc) is 2.52. The summed E-state index contributed by atoms with van der Waals surface area (Å²) in [6.07, 6.45) is 3.73. The van der Waals surface area contributed by atoms with Crippen LogP contribution in [0, 0.1) is 12.8 Å². The molecule has 1 aromatic rings. The van der Waals surface area contributed by atoms with Crippen LogP contribution in [-0.2, 0) is 13.0 Å². The number of aromatic nitrogens is 2. The smallest absolute Gasteiger partial charge is 0.127 e. The van der Waals surface area contributed by atoms with Crippen molar-refractivity contribution in [3.05, 3.63) is 16.1 Å². The SMILES string of the molecule is CNCCC1CCn2c(C)nc(Br)c2C1. The van der Waals surface area contributed by atoms with E-state index in [0.29, 0.717) is 0 Å². The Hall–Kier alpha value is -0.350. The molecular weight excluding hydrogens is 254 g/mol. The third-order valence-corrected chi connectivity index (χ3v) is 3.90. The molecule has 1 unspecified atom stereocenters. The van der Waals surface area contributed by atoms with Gasteiger partial charge in [0.2, 0.25) is 0 Å². The fraction of sp³-hybridized carbons (Fsp3) is 0.727. The molecule has 2 rings (SSSR count). The lowest BCUT2D eigenvalue weighted by molar-refractivity contribution is 0.360. The molecule has 0 saturated carbocycles. The van der Waals surface area contributed by atoms with E-state index in [1.54, 1.807) is 0 Å². The number of halogens is 1. The van der Waals surface area contributed by atoms with Gasteiger partial charge in [0.05, 0.1) is 5.69 Å². The summed E-state index contributed by atoms with van der Waals surface area (Å²) in [7, 11) is 2.02. The zero-order chi connectivity index (χ0) is 10.8. The van der Waals surface area contributed by atoms with E-state index in [2.05, 4.69) is 37.7 Å². The molecule has 15 heavy (non-hydrogen) atoms. The molecule has 0 saturated heterocycles. The van der Waals surface area contributed by atoms with Crippen molar-refractivity contribution in [3.8, 4) is 0 Å². The molecule has 1 aromatic heterocycles. The highest BCUT2D eigenvalue weighted by atomic mass is 79.9. The first-order valence-corrected chi connectivity index (χ1v) is 6.37. The number of rotatable bonds is 3. The maximum absolute atomic E-state index is 4.47. The number of hydrogen-bond acceptors (Lipinski definition) is 2. The van der Waals surface area contributed by atoms with Crippen molar-refractivity contribution >= 4 is 15.9 Å². The van der Waals surface area contributed by atoms with Crippen molar-refractivity contribution in [3.63, 3.8) is 0 Å². The van der Waals surface area contributed by atoms with E-state index in [0.717, 1.165) is 29.4 Å². The summed E-state index contributed by atoms with van der Waals surface area (Å²) in [5.41, 5.74) is 1.39. The van der Waals surface area contributed by atoms with Crippen LogP contribution in [0.2, 0.25) is 0 Å². The molecule has 1 N–H and O–H groups in total. The predicted molar refractivity (Wildman–Crippen MR) is 65.0 cm³/mol. The van der Waals surface area contributed by atoms with Gasteiger partial charge in [-0.3, -0.25) is 0 Å². The molecule has 2 heterocycles. The van der Waals surface area contributed by atoms with Gasteiger partial charge in [0.15, 0.2) is 0 Å². The fourth-order valence-corrected chi connectivity index (χ4v) is 2.98. The summed E-state index contributed by atoms with van der Waals surface area (Å²) in [5, 5.41) is 3.22. The maximum atomic E-state index is 4.47. The number of fused-ring (bicyclic) bond motifs is 1. The predicted octanol–water partition coefficient (Wildman–Crippen LogP) is 2.13. The van der Waals surface area contributed by atoms with Crippen LogP contribution in [0.1, 0.15) is 24.4 Å². The fourth-order valence-electron chi connectivity index (χ4n) is 2.35. The van der Waals surface area contributed by atoms with Gasteiger partial charge in [0, 0.05) is 6.54 Å². The third-order valence-electron chi connectivity index (χ3n) is 3.26. The quantitative estimate of drug-likeness (QED) is 0.913. The molecule has 0 aromatic carbocycles. The molecule has 0 radical (unpaired) electrons. The van der Waals surface area contributed by atoms with E-state index < -0.39 is 0 Å². The van der Waals surface area contributed by atoms with Gasteiger partial charge in [-0.05, 0) is 61.6 Å². The van der Waals surface area contributed by atoms with Gasteiger partial charge in [0.1, 0.15) is 10.4 Å². The maximum Gasteiger partial charge on any atom is 0.127 e. The molecule has 0 spiro atoms. The molecule has 0 amide bonds. The van der Waals surface area contributed by atoms with E-state index in [-0.39, 0.29) is 0 Å². The van der Waals surface area contributed by atoms with Gasteiger partial charge >= 0.3 is 0 Å². The van der Waals surface area contributed by atoms with Gasteiger partial charge < -0.3 is 9.88 Å². The summed E-state index contributed by atoms with van der Waals surface area (Å²) in [5.74, 6) is 1.96. The minimum atomic E-state index is 0.817. The zero-order valence-electron chi connectivity index (χ0n) is 9.39. The Morgan fingerprint density at radius 2 is 2.40 bits per heavy atom. The molecule has 0 aliphatic carbocycles. The molecule has 1 aliphatic rings. The lowest BCUT2D eigenvalue weighted by Crippen LogP contribution is -2.23. The number of aryl methyl sites for hydroxylation is 1. The Labute approximate surface area is 99.4 Å². The minimum Gasteiger partial charge on any atom is -0.331 e. The first kappa shape index (κ1) is 11.1. The highest BCUT2D eigenvalue weighted by molar-refractivity contribution is 9.10. The Morgan fingerprint density at radius 1 is 1.60 bits per heavy atom. The van der Waals surface area contributed by atoms with Gasteiger partial charge in [-0.1, -0.05) is 0 Å². The van der Waals surface area contributed by atoms with Crippen LogP contribution in [0.4, 0.5) is 0 Å². The Morgan fingerprint density at radius 3 is 3.13 bits per heavy atom. The van der Waals surface area contributed by atoms with Crippen molar-refractivity contribution in [1.29, 1.82) is 0 Å². The standard InChI is InChI=1S/C11H18BrN3/c1-8-14-11(12)10-7-9(3-5-13-2)4-6-15(8)10/h9,13H,3-7H2,1-2H3. The minimum absolute atomic E-state index is 0.817. The normalized spacial score (nSPS) is 20.3. The van der Waals surface area contributed by atoms with E-state index in [4.69, 9.17) is 0 Å². The van der Waals surface area contributed by atoms with Crippen LogP contribution < -0.4 is 5.32 Å². The van der Waals surface area contributed by atoms with Crippen molar-refractivity contribution < 1.29 is 0 Å². The van der Waals surface area contributed by atoms with E-state index in [1.807, 2.05) is 7.05 Å². The second kappa shape index (κ2) is 4.66. The lowest BCUT2D eigenvalue weighted by Gasteiger charge is -2.24. The molecule has 84 valence electrons. The van der Waals surface area contributed by atoms with Crippen molar-refractivity contribution in [2.24, 2.45) is 5.92 Å². The highest BCUT2D eigenvalue weighted by Crippen LogP contribution is 2.28. The van der Waals surface area contributed by atoms with Crippen LogP contribution >= 0.6 is 15.9 Å². The van der Waals surface area contributed by atoms with Gasteiger partial charge in [-0.15, -0.1) is 0 Å². The van der Waals surface area contributed by atoms with Crippen LogP contribution in [0.5, 0.6) is 0 Å². The van der Waals surface area contributed by atoms with Crippen LogP contribution in [0.25, 0.3) is 0 Å². The van der Waals surface area contributed by atoms with Crippen molar-refractivity contribution in [2.45, 2.75) is 32.7 Å². The average molecular weight is 272 g/mol. The summed E-state index contributed by atoms with van der Waals surface area (Å²) < 4.78 is 3.40. The first-order chi connectivity index (χ1) is 7.22. The zero-order valence-corrected chi connectivity index (χ0v) is 11.0. The molecular formula is C11H18BrN3. The summed E-state index contributed by atoms with van der Waals surface area (Å²) >= 11 is 3.55. The Balaban J connectivity index is 2.09. The van der Waals surface area contributed by atoms with Crippen molar-refractivity contribution in [1.82, 2.24) is 14.9 Å². The molecule has 3 nitrogen and oxygen atoms in total. The largest absolute Gasteiger partial charge is 0.331 e. The van der Waals surface area contributed by atoms with Crippen molar-refractivity contribution in [2.75, 3.05) is 13.6 Å². The number of imidazole rings is 1. The van der Waals surface area contributed by atoms with Gasteiger partial charge in [-0.2, -0.15) is 0 Å². The molecule has 0 bridgehead atoms. The first-order valence-electron chi connectivity index (χ1n) is 5.58. The van der Waals surface area contributed by atoms with Crippen LogP contribution in [-0.4, -0.2) is 23.1 Å².